The average Bonchev–Trinajstić information content (AvgIpc) is 3.40. The topological polar surface area (TPSA) is 75.1 Å². The number of urea groups is 1. The number of nitrogens with one attached hydrogen (secondary N) is 2. The largest absolute Gasteiger partial charge is 0.417 e. The third-order valence-electron chi connectivity index (χ3n) is 7.19. The molecule has 0 spiro atoms. The lowest BCUT2D eigenvalue weighted by molar-refractivity contribution is -0.137. The number of aryl methyl sites for hydroxylation is 1. The van der Waals surface area contributed by atoms with Crippen LogP contribution in [-0.2, 0) is 19.8 Å². The zero-order valence-electron chi connectivity index (χ0n) is 22.1. The molecule has 7 nitrogen and oxygen atoms in total. The first kappa shape index (κ1) is 27.2. The molecule has 1 aliphatic carbocycles. The van der Waals surface area contributed by atoms with Crippen molar-refractivity contribution in [3.8, 4) is 11.1 Å². The van der Waals surface area contributed by atoms with Crippen LogP contribution in [0.1, 0.15) is 36.8 Å². The van der Waals surface area contributed by atoms with E-state index in [-0.39, 0.29) is 18.1 Å². The summed E-state index contributed by atoms with van der Waals surface area (Å²) in [5.74, 6) is 0.417. The lowest BCUT2D eigenvalue weighted by Crippen LogP contribution is -2.48. The van der Waals surface area contributed by atoms with Crippen molar-refractivity contribution in [1.82, 2.24) is 20.1 Å². The van der Waals surface area contributed by atoms with E-state index in [1.165, 1.54) is 6.07 Å². The molecule has 0 saturated heterocycles. The second-order valence-corrected chi connectivity index (χ2v) is 10.0. The molecular formula is C30H31F3N6O. The highest BCUT2D eigenvalue weighted by Crippen LogP contribution is 2.32. The number of rotatable bonds is 7. The molecule has 0 radical (unpaired) electrons. The number of aromatic nitrogens is 3. The summed E-state index contributed by atoms with van der Waals surface area (Å²) in [6.07, 6.45) is 3.17. The van der Waals surface area contributed by atoms with E-state index in [1.54, 1.807) is 10.9 Å². The lowest BCUT2D eigenvalue weighted by Gasteiger charge is -2.37. The van der Waals surface area contributed by atoms with Crippen molar-refractivity contribution in [1.29, 1.82) is 0 Å². The Labute approximate surface area is 231 Å². The Morgan fingerprint density at radius 3 is 2.27 bits per heavy atom. The maximum atomic E-state index is 13.5. The number of amides is 2. The zero-order chi connectivity index (χ0) is 28.1. The Kier molecular flexibility index (Phi) is 8.04. The number of hydrogen-bond donors (Lipinski definition) is 2. The van der Waals surface area contributed by atoms with Crippen molar-refractivity contribution in [2.45, 2.75) is 50.5 Å². The van der Waals surface area contributed by atoms with Gasteiger partial charge >= 0.3 is 12.2 Å². The summed E-state index contributed by atoms with van der Waals surface area (Å²) < 4.78 is 40.3. The van der Waals surface area contributed by atoms with Crippen LogP contribution in [-0.4, -0.2) is 32.9 Å². The fraction of sp³-hybridized carbons (Fsp3) is 0.300. The molecule has 10 heteroatoms. The number of anilines is 2. The van der Waals surface area contributed by atoms with Gasteiger partial charge in [0.2, 0.25) is 0 Å². The van der Waals surface area contributed by atoms with Crippen LogP contribution in [0.4, 0.5) is 29.5 Å². The first-order valence-corrected chi connectivity index (χ1v) is 13.3. The number of halogens is 3. The molecule has 40 heavy (non-hydrogen) atoms. The number of benzene rings is 2. The third-order valence-corrected chi connectivity index (χ3v) is 7.19. The van der Waals surface area contributed by atoms with Crippen molar-refractivity contribution in [2.75, 3.05) is 10.2 Å². The SMILES string of the molecule is Cn1cc(-c2ccc(N(C(=O)NCc3ccccc3)C3CCC(Nc4ccc(C(F)(F)F)cn4)CC3)cc2)cn1. The Morgan fingerprint density at radius 2 is 1.68 bits per heavy atom. The number of carbonyl (C=O) groups excluding carboxylic acids is 1. The van der Waals surface area contributed by atoms with Gasteiger partial charge in [-0.1, -0.05) is 42.5 Å². The zero-order valence-corrected chi connectivity index (χ0v) is 22.1. The molecule has 208 valence electrons. The summed E-state index contributed by atoms with van der Waals surface area (Å²) in [5, 5.41) is 10.6. The highest BCUT2D eigenvalue weighted by atomic mass is 19.4. The number of pyridine rings is 1. The Balaban J connectivity index is 1.28. The van der Waals surface area contributed by atoms with Crippen LogP contribution in [0, 0.1) is 0 Å². The standard InChI is InChI=1S/C30H31F3N6O/c1-38-20-23(18-36-38)22-7-12-26(13-8-22)39(29(40)35-17-21-5-3-2-4-6-21)27-14-10-25(11-15-27)37-28-16-9-24(19-34-28)30(31,32)33/h2-9,12-13,16,18-20,25,27H,10-11,14-15,17H2,1H3,(H,34,37)(H,35,40). The number of alkyl halides is 3. The van der Waals surface area contributed by atoms with Crippen molar-refractivity contribution in [3.63, 3.8) is 0 Å². The quantitative estimate of drug-likeness (QED) is 0.272. The summed E-state index contributed by atoms with van der Waals surface area (Å²) in [6, 6.07) is 19.9. The summed E-state index contributed by atoms with van der Waals surface area (Å²) in [5.41, 5.74) is 3.06. The minimum absolute atomic E-state index is 0.0290. The molecule has 1 saturated carbocycles. The van der Waals surface area contributed by atoms with E-state index in [2.05, 4.69) is 20.7 Å². The van der Waals surface area contributed by atoms with Crippen LogP contribution in [0.15, 0.2) is 85.3 Å². The smallest absolute Gasteiger partial charge is 0.367 e. The fourth-order valence-electron chi connectivity index (χ4n) is 5.07. The van der Waals surface area contributed by atoms with Crippen LogP contribution < -0.4 is 15.5 Å². The molecule has 2 N–H and O–H groups in total. The first-order chi connectivity index (χ1) is 19.3. The molecular weight excluding hydrogens is 517 g/mol. The molecule has 5 rings (SSSR count). The second-order valence-electron chi connectivity index (χ2n) is 10.0. The molecule has 1 fully saturated rings. The van der Waals surface area contributed by atoms with Gasteiger partial charge in [-0.2, -0.15) is 18.3 Å². The summed E-state index contributed by atoms with van der Waals surface area (Å²) in [6.45, 7) is 0.417. The summed E-state index contributed by atoms with van der Waals surface area (Å²) in [4.78, 5) is 19.3. The van der Waals surface area contributed by atoms with Crippen LogP contribution in [0.3, 0.4) is 0 Å². The van der Waals surface area contributed by atoms with Gasteiger partial charge in [0.05, 0.1) is 11.8 Å². The molecule has 2 heterocycles. The van der Waals surface area contributed by atoms with E-state index in [0.717, 1.165) is 60.3 Å². The maximum absolute atomic E-state index is 13.5. The normalized spacial score (nSPS) is 17.3. The number of hydrogen-bond acceptors (Lipinski definition) is 4. The third kappa shape index (κ3) is 6.62. The van der Waals surface area contributed by atoms with Gasteiger partial charge < -0.3 is 10.6 Å². The van der Waals surface area contributed by atoms with Gasteiger partial charge in [-0.25, -0.2) is 9.78 Å². The highest BCUT2D eigenvalue weighted by molar-refractivity contribution is 5.93. The molecule has 0 atom stereocenters. The molecule has 0 bridgehead atoms. The molecule has 0 unspecified atom stereocenters. The van der Waals surface area contributed by atoms with Gasteiger partial charge in [0.15, 0.2) is 0 Å². The van der Waals surface area contributed by atoms with E-state index in [0.29, 0.717) is 12.4 Å². The van der Waals surface area contributed by atoms with Crippen molar-refractivity contribution in [3.05, 3.63) is 96.4 Å². The van der Waals surface area contributed by atoms with E-state index in [9.17, 15) is 18.0 Å². The molecule has 1 aliphatic rings. The van der Waals surface area contributed by atoms with E-state index < -0.39 is 11.7 Å². The molecule has 0 aliphatic heterocycles. The van der Waals surface area contributed by atoms with E-state index >= 15 is 0 Å². The first-order valence-electron chi connectivity index (χ1n) is 13.3. The van der Waals surface area contributed by atoms with Crippen LogP contribution >= 0.6 is 0 Å². The lowest BCUT2D eigenvalue weighted by atomic mass is 9.89. The summed E-state index contributed by atoms with van der Waals surface area (Å²) in [7, 11) is 1.87. The minimum Gasteiger partial charge on any atom is -0.367 e. The predicted molar refractivity (Wildman–Crippen MR) is 149 cm³/mol. The fourth-order valence-corrected chi connectivity index (χ4v) is 5.07. The van der Waals surface area contributed by atoms with E-state index in [1.807, 2.05) is 72.7 Å². The van der Waals surface area contributed by atoms with Crippen LogP contribution in [0.2, 0.25) is 0 Å². The number of carbonyl (C=O) groups is 1. The highest BCUT2D eigenvalue weighted by Gasteiger charge is 2.32. The van der Waals surface area contributed by atoms with Gasteiger partial charge in [-0.3, -0.25) is 9.58 Å². The molecule has 2 amide bonds. The van der Waals surface area contributed by atoms with Crippen molar-refractivity contribution in [2.24, 2.45) is 7.05 Å². The van der Waals surface area contributed by atoms with Crippen molar-refractivity contribution < 1.29 is 18.0 Å². The monoisotopic (exact) mass is 548 g/mol. The Hall–Kier alpha value is -4.34. The number of nitrogens with zero attached hydrogens (tertiary/aromatic N) is 4. The molecule has 2 aromatic heterocycles. The predicted octanol–water partition coefficient (Wildman–Crippen LogP) is 6.64. The second kappa shape index (κ2) is 11.8. The van der Waals surface area contributed by atoms with Crippen LogP contribution in [0.5, 0.6) is 0 Å². The van der Waals surface area contributed by atoms with Gasteiger partial charge in [-0.15, -0.1) is 0 Å². The van der Waals surface area contributed by atoms with Gasteiger partial charge in [0, 0.05) is 49.3 Å². The summed E-state index contributed by atoms with van der Waals surface area (Å²) >= 11 is 0. The van der Waals surface area contributed by atoms with Crippen molar-refractivity contribution >= 4 is 17.5 Å². The minimum atomic E-state index is -4.41. The Bertz CT molecular complexity index is 1400. The maximum Gasteiger partial charge on any atom is 0.417 e. The Morgan fingerprint density at radius 1 is 0.950 bits per heavy atom. The molecule has 4 aromatic rings. The van der Waals surface area contributed by atoms with Gasteiger partial charge in [0.1, 0.15) is 5.82 Å². The van der Waals surface area contributed by atoms with Gasteiger partial charge in [0.25, 0.3) is 0 Å². The van der Waals surface area contributed by atoms with Gasteiger partial charge in [-0.05, 0) is 61.1 Å². The van der Waals surface area contributed by atoms with E-state index in [4.69, 9.17) is 0 Å². The molecule has 2 aromatic carbocycles. The average molecular weight is 549 g/mol. The van der Waals surface area contributed by atoms with Crippen LogP contribution in [0.25, 0.3) is 11.1 Å².